The molecule has 5 heteroatoms. The van der Waals surface area contributed by atoms with Gasteiger partial charge in [-0.25, -0.2) is 0 Å². The fourth-order valence-corrected chi connectivity index (χ4v) is 3.36. The summed E-state index contributed by atoms with van der Waals surface area (Å²) >= 11 is 0. The molecule has 124 valence electrons. The van der Waals surface area contributed by atoms with Crippen molar-refractivity contribution in [3.8, 4) is 5.75 Å². The highest BCUT2D eigenvalue weighted by atomic mass is 16.6. The molecule has 1 amide bonds. The molecule has 0 bridgehead atoms. The molecule has 0 saturated heterocycles. The first-order valence-corrected chi connectivity index (χ1v) is 8.29. The van der Waals surface area contributed by atoms with Gasteiger partial charge in [-0.05, 0) is 42.7 Å². The summed E-state index contributed by atoms with van der Waals surface area (Å²) in [6.07, 6.45) is 5.09. The second kappa shape index (κ2) is 7.02. The Labute approximate surface area is 137 Å². The van der Waals surface area contributed by atoms with Crippen molar-refractivity contribution in [1.29, 1.82) is 0 Å². The monoisotopic (exact) mass is 316 g/mol. The fraction of sp³-hybridized carbons (Fsp3) is 0.556. The number of amides is 1. The number of hydrogen-bond acceptors (Lipinski definition) is 4. The summed E-state index contributed by atoms with van der Waals surface area (Å²) in [6, 6.07) is 7.80. The van der Waals surface area contributed by atoms with Crippen molar-refractivity contribution in [2.45, 2.75) is 38.2 Å². The molecule has 0 N–H and O–H groups in total. The van der Waals surface area contributed by atoms with E-state index in [4.69, 9.17) is 9.57 Å². The minimum atomic E-state index is -0.0533. The number of benzene rings is 1. The third-order valence-electron chi connectivity index (χ3n) is 4.71. The average Bonchev–Trinajstić information content (AvgIpc) is 3.26. The zero-order valence-corrected chi connectivity index (χ0v) is 13.8. The summed E-state index contributed by atoms with van der Waals surface area (Å²) in [5.74, 6) is 1.29. The minimum absolute atomic E-state index is 0.0533. The number of likely N-dealkylation sites (N-methyl/N-ethyl adjacent to an activating group) is 1. The fourth-order valence-electron chi connectivity index (χ4n) is 3.36. The quantitative estimate of drug-likeness (QED) is 0.839. The molecule has 23 heavy (non-hydrogen) atoms. The van der Waals surface area contributed by atoms with Crippen LogP contribution in [-0.4, -0.2) is 43.3 Å². The predicted octanol–water partition coefficient (Wildman–Crippen LogP) is 2.84. The molecule has 0 spiro atoms. The molecular weight excluding hydrogens is 292 g/mol. The number of carbonyl (C=O) groups excluding carboxylic acids is 1. The zero-order chi connectivity index (χ0) is 16.2. The Kier molecular flexibility index (Phi) is 4.84. The third kappa shape index (κ3) is 3.66. The molecule has 0 radical (unpaired) electrons. The van der Waals surface area contributed by atoms with Crippen LogP contribution in [0.4, 0.5) is 0 Å². The minimum Gasteiger partial charge on any atom is -0.497 e. The number of hydrogen-bond donors (Lipinski definition) is 0. The van der Waals surface area contributed by atoms with Crippen LogP contribution in [-0.2, 0) is 9.63 Å². The molecular formula is C18H24N2O3. The molecule has 1 heterocycles. The Hall–Kier alpha value is -2.04. The lowest BCUT2D eigenvalue weighted by molar-refractivity contribution is -0.135. The summed E-state index contributed by atoms with van der Waals surface area (Å²) in [7, 11) is 3.52. The lowest BCUT2D eigenvalue weighted by Gasteiger charge is -2.23. The van der Waals surface area contributed by atoms with E-state index in [0.29, 0.717) is 6.54 Å². The van der Waals surface area contributed by atoms with Gasteiger partial charge in [0.25, 0.3) is 0 Å². The molecule has 1 fully saturated rings. The SMILES string of the molecule is COc1ccc(C2=NO[C@@H](CN(C)C(=O)C3CCCC3)C2)cc1. The first-order valence-electron chi connectivity index (χ1n) is 8.29. The molecule has 1 saturated carbocycles. The molecule has 3 rings (SSSR count). The number of oxime groups is 1. The van der Waals surface area contributed by atoms with Gasteiger partial charge in [0.1, 0.15) is 5.75 Å². The number of nitrogens with zero attached hydrogens (tertiary/aromatic N) is 2. The summed E-state index contributed by atoms with van der Waals surface area (Å²) in [5.41, 5.74) is 1.97. The molecule has 1 aliphatic heterocycles. The molecule has 1 atom stereocenters. The Bertz CT molecular complexity index is 576. The lowest BCUT2D eigenvalue weighted by Crippen LogP contribution is -2.37. The van der Waals surface area contributed by atoms with Crippen LogP contribution in [0, 0.1) is 5.92 Å². The second-order valence-corrected chi connectivity index (χ2v) is 6.40. The van der Waals surface area contributed by atoms with Gasteiger partial charge in [-0.3, -0.25) is 4.79 Å². The average molecular weight is 316 g/mol. The van der Waals surface area contributed by atoms with Crippen LogP contribution in [0.1, 0.15) is 37.7 Å². The van der Waals surface area contributed by atoms with Crippen LogP contribution in [0.15, 0.2) is 29.4 Å². The predicted molar refractivity (Wildman–Crippen MR) is 88.6 cm³/mol. The van der Waals surface area contributed by atoms with Crippen LogP contribution in [0.3, 0.4) is 0 Å². The number of carbonyl (C=O) groups is 1. The summed E-state index contributed by atoms with van der Waals surface area (Å²) in [6.45, 7) is 0.596. The van der Waals surface area contributed by atoms with Gasteiger partial charge >= 0.3 is 0 Å². The van der Waals surface area contributed by atoms with E-state index in [2.05, 4.69) is 5.16 Å². The molecule has 0 unspecified atom stereocenters. The van der Waals surface area contributed by atoms with Crippen LogP contribution >= 0.6 is 0 Å². The molecule has 1 aliphatic carbocycles. The van der Waals surface area contributed by atoms with Crippen LogP contribution in [0.2, 0.25) is 0 Å². The number of ether oxygens (including phenoxy) is 1. The van der Waals surface area contributed by atoms with Crippen molar-refractivity contribution < 1.29 is 14.4 Å². The maximum Gasteiger partial charge on any atom is 0.225 e. The molecule has 5 nitrogen and oxygen atoms in total. The van der Waals surface area contributed by atoms with E-state index in [9.17, 15) is 4.79 Å². The molecule has 2 aliphatic rings. The largest absolute Gasteiger partial charge is 0.497 e. The van der Waals surface area contributed by atoms with Gasteiger partial charge in [-0.2, -0.15) is 0 Å². The Balaban J connectivity index is 1.53. The lowest BCUT2D eigenvalue weighted by atomic mass is 10.0. The van der Waals surface area contributed by atoms with Gasteiger partial charge in [0, 0.05) is 19.4 Å². The number of rotatable bonds is 5. The summed E-state index contributed by atoms with van der Waals surface area (Å²) in [5, 5.41) is 4.19. The van der Waals surface area contributed by atoms with Gasteiger partial charge < -0.3 is 14.5 Å². The zero-order valence-electron chi connectivity index (χ0n) is 13.8. The van der Waals surface area contributed by atoms with Crippen molar-refractivity contribution in [1.82, 2.24) is 4.90 Å². The first kappa shape index (κ1) is 15.8. The number of methoxy groups -OCH3 is 1. The summed E-state index contributed by atoms with van der Waals surface area (Å²) < 4.78 is 5.17. The van der Waals surface area contributed by atoms with E-state index >= 15 is 0 Å². The maximum atomic E-state index is 12.4. The maximum absolute atomic E-state index is 12.4. The van der Waals surface area contributed by atoms with Crippen LogP contribution in [0.25, 0.3) is 0 Å². The highest BCUT2D eigenvalue weighted by molar-refractivity contribution is 6.01. The topological polar surface area (TPSA) is 51.1 Å². The van der Waals surface area contributed by atoms with E-state index in [1.807, 2.05) is 36.2 Å². The van der Waals surface area contributed by atoms with Crippen molar-refractivity contribution in [3.63, 3.8) is 0 Å². The highest BCUT2D eigenvalue weighted by Crippen LogP contribution is 2.27. The van der Waals surface area contributed by atoms with Crippen LogP contribution in [0.5, 0.6) is 5.75 Å². The smallest absolute Gasteiger partial charge is 0.225 e. The van der Waals surface area contributed by atoms with Gasteiger partial charge in [0.2, 0.25) is 5.91 Å². The standard InChI is InChI=1S/C18H24N2O3/c1-20(18(21)14-5-3-4-6-14)12-16-11-17(19-23-16)13-7-9-15(22-2)10-8-13/h7-10,14,16H,3-6,11-12H2,1-2H3/t16-/m1/s1. The molecule has 0 aromatic heterocycles. The van der Waals surface area contributed by atoms with Crippen molar-refractivity contribution in [3.05, 3.63) is 29.8 Å². The second-order valence-electron chi connectivity index (χ2n) is 6.40. The van der Waals surface area contributed by atoms with E-state index in [-0.39, 0.29) is 17.9 Å². The molecule has 1 aromatic carbocycles. The third-order valence-corrected chi connectivity index (χ3v) is 4.71. The Morgan fingerprint density at radius 3 is 2.65 bits per heavy atom. The first-order chi connectivity index (χ1) is 11.2. The summed E-state index contributed by atoms with van der Waals surface area (Å²) in [4.78, 5) is 19.7. The van der Waals surface area contributed by atoms with Gasteiger partial charge in [0.15, 0.2) is 6.10 Å². The normalized spacial score (nSPS) is 21.0. The van der Waals surface area contributed by atoms with Gasteiger partial charge in [-0.1, -0.05) is 18.0 Å². The van der Waals surface area contributed by atoms with E-state index < -0.39 is 0 Å². The Morgan fingerprint density at radius 2 is 2.00 bits per heavy atom. The van der Waals surface area contributed by atoms with Crippen LogP contribution < -0.4 is 4.74 Å². The van der Waals surface area contributed by atoms with Gasteiger partial charge in [0.05, 0.1) is 19.4 Å². The van der Waals surface area contributed by atoms with Crippen molar-refractivity contribution >= 4 is 11.6 Å². The van der Waals surface area contributed by atoms with E-state index in [1.54, 1.807) is 7.11 Å². The Morgan fingerprint density at radius 1 is 1.30 bits per heavy atom. The van der Waals surface area contributed by atoms with Crippen molar-refractivity contribution in [2.75, 3.05) is 20.7 Å². The highest BCUT2D eigenvalue weighted by Gasteiger charge is 2.29. The van der Waals surface area contributed by atoms with Crippen molar-refractivity contribution in [2.24, 2.45) is 11.1 Å². The van der Waals surface area contributed by atoms with E-state index in [0.717, 1.165) is 36.3 Å². The molecule has 1 aromatic rings. The van der Waals surface area contributed by atoms with Gasteiger partial charge in [-0.15, -0.1) is 0 Å². The van der Waals surface area contributed by atoms with E-state index in [1.165, 1.54) is 12.8 Å².